The molecule has 0 amide bonds. The van der Waals surface area contributed by atoms with E-state index < -0.39 is 0 Å². The van der Waals surface area contributed by atoms with E-state index in [-0.39, 0.29) is 0 Å². The van der Waals surface area contributed by atoms with Crippen molar-refractivity contribution in [2.75, 3.05) is 0 Å². The average Bonchev–Trinajstić information content (AvgIpc) is 3.53. The highest BCUT2D eigenvalue weighted by atomic mass is 32.1. The van der Waals surface area contributed by atoms with Crippen molar-refractivity contribution in [3.8, 4) is 33.5 Å². The second-order valence-electron chi connectivity index (χ2n) is 12.2. The summed E-state index contributed by atoms with van der Waals surface area (Å²) >= 11 is 1.92. The Morgan fingerprint density at radius 1 is 0.340 bits per heavy atom. The largest absolute Gasteiger partial charge is 0.247 e. The quantitative estimate of drug-likeness (QED) is 0.143. The number of para-hydroxylation sites is 1. The molecule has 1 nitrogen and oxygen atoms in total. The smallest absolute Gasteiger partial charge is 0.0788 e. The predicted octanol–water partition coefficient (Wildman–Crippen LogP) is 13.1. The molecule has 0 spiro atoms. The van der Waals surface area contributed by atoms with Crippen LogP contribution >= 0.6 is 11.3 Å². The number of benzene rings is 8. The molecule has 0 saturated heterocycles. The van der Waals surface area contributed by atoms with Gasteiger partial charge >= 0.3 is 0 Å². The molecule has 218 valence electrons. The van der Waals surface area contributed by atoms with Crippen LogP contribution in [0, 0.1) is 0 Å². The zero-order valence-corrected chi connectivity index (χ0v) is 26.3. The number of fused-ring (bicyclic) bond motifs is 9. The predicted molar refractivity (Wildman–Crippen MR) is 203 cm³/mol. The molecule has 0 fully saturated rings. The molecule has 0 unspecified atom stereocenters. The summed E-state index contributed by atoms with van der Waals surface area (Å²) in [5.41, 5.74) is 8.32. The van der Waals surface area contributed by atoms with Crippen LogP contribution in [0.2, 0.25) is 0 Å². The van der Waals surface area contributed by atoms with Crippen molar-refractivity contribution in [3.05, 3.63) is 164 Å². The summed E-state index contributed by atoms with van der Waals surface area (Å²) < 4.78 is 2.63. The topological polar surface area (TPSA) is 12.9 Å². The van der Waals surface area contributed by atoms with Crippen LogP contribution in [0.1, 0.15) is 0 Å². The number of rotatable bonds is 3. The second-order valence-corrected chi connectivity index (χ2v) is 13.2. The maximum absolute atomic E-state index is 5.21. The Hall–Kier alpha value is -5.83. The van der Waals surface area contributed by atoms with Crippen LogP contribution in [0.25, 0.3) is 96.9 Å². The van der Waals surface area contributed by atoms with E-state index in [9.17, 15) is 0 Å². The van der Waals surface area contributed by atoms with E-state index in [2.05, 4.69) is 164 Å². The van der Waals surface area contributed by atoms with E-state index in [1.165, 1.54) is 80.1 Å². The molecule has 0 bridgehead atoms. The van der Waals surface area contributed by atoms with Gasteiger partial charge in [0.15, 0.2) is 0 Å². The van der Waals surface area contributed by atoms with Gasteiger partial charge < -0.3 is 0 Å². The summed E-state index contributed by atoms with van der Waals surface area (Å²) in [5, 5.41) is 11.4. The Balaban J connectivity index is 1.35. The summed E-state index contributed by atoms with van der Waals surface area (Å²) in [5.74, 6) is 0. The first kappa shape index (κ1) is 26.4. The van der Waals surface area contributed by atoms with Crippen molar-refractivity contribution >= 4 is 74.7 Å². The highest BCUT2D eigenvalue weighted by Crippen LogP contribution is 2.49. The summed E-state index contributed by atoms with van der Waals surface area (Å²) in [6.45, 7) is 0. The van der Waals surface area contributed by atoms with Gasteiger partial charge in [0.25, 0.3) is 0 Å². The minimum Gasteiger partial charge on any atom is -0.247 e. The van der Waals surface area contributed by atoms with E-state index in [1.54, 1.807) is 0 Å². The summed E-state index contributed by atoms with van der Waals surface area (Å²) in [6, 6.07) is 59.4. The first-order chi connectivity index (χ1) is 23.3. The third kappa shape index (κ3) is 3.92. The Labute approximate surface area is 276 Å². The number of thiophene rings is 1. The van der Waals surface area contributed by atoms with Crippen LogP contribution in [0.5, 0.6) is 0 Å². The maximum Gasteiger partial charge on any atom is 0.0788 e. The van der Waals surface area contributed by atoms with Gasteiger partial charge in [-0.1, -0.05) is 158 Å². The number of aromatic nitrogens is 1. The van der Waals surface area contributed by atoms with Crippen LogP contribution in [0.4, 0.5) is 0 Å². The number of nitrogens with zero attached hydrogens (tertiary/aromatic N) is 1. The minimum absolute atomic E-state index is 1.03. The molecule has 0 aliphatic heterocycles. The molecule has 0 aliphatic rings. The van der Waals surface area contributed by atoms with Gasteiger partial charge in [-0.3, -0.25) is 0 Å². The SMILES string of the molecule is c1ccc(-c2c3ccccc3c(-c3cccc4c3sc3c4ccc4c(-c5ccccc5)nc5ccccc5c43)c3ccccc23)cc1. The average molecular weight is 614 g/mol. The van der Waals surface area contributed by atoms with Gasteiger partial charge in [-0.05, 0) is 44.3 Å². The zero-order chi connectivity index (χ0) is 30.9. The maximum atomic E-state index is 5.21. The van der Waals surface area contributed by atoms with E-state index in [1.807, 2.05) is 11.3 Å². The van der Waals surface area contributed by atoms with Gasteiger partial charge in [-0.2, -0.15) is 0 Å². The molecule has 10 rings (SSSR count). The van der Waals surface area contributed by atoms with E-state index in [0.29, 0.717) is 0 Å². The Bertz CT molecular complexity index is 2770. The van der Waals surface area contributed by atoms with Crippen LogP contribution in [-0.4, -0.2) is 4.98 Å². The third-order valence-electron chi connectivity index (χ3n) is 9.64. The Morgan fingerprint density at radius 3 is 1.53 bits per heavy atom. The lowest BCUT2D eigenvalue weighted by molar-refractivity contribution is 1.43. The molecule has 0 radical (unpaired) electrons. The fraction of sp³-hybridized carbons (Fsp3) is 0. The van der Waals surface area contributed by atoms with E-state index in [4.69, 9.17) is 4.98 Å². The normalized spacial score (nSPS) is 11.8. The fourth-order valence-electron chi connectivity index (χ4n) is 7.64. The van der Waals surface area contributed by atoms with Gasteiger partial charge in [0.1, 0.15) is 0 Å². The zero-order valence-electron chi connectivity index (χ0n) is 25.4. The molecule has 2 aromatic heterocycles. The highest BCUT2D eigenvalue weighted by Gasteiger charge is 2.21. The van der Waals surface area contributed by atoms with Gasteiger partial charge in [0, 0.05) is 47.5 Å². The molecule has 0 N–H and O–H groups in total. The molecule has 2 heteroatoms. The van der Waals surface area contributed by atoms with Crippen LogP contribution in [0.15, 0.2) is 164 Å². The van der Waals surface area contributed by atoms with Crippen molar-refractivity contribution in [1.82, 2.24) is 4.98 Å². The molecule has 0 atom stereocenters. The molecular formula is C45H27NS. The van der Waals surface area contributed by atoms with Crippen LogP contribution in [-0.2, 0) is 0 Å². The van der Waals surface area contributed by atoms with E-state index >= 15 is 0 Å². The van der Waals surface area contributed by atoms with Gasteiger partial charge in [0.05, 0.1) is 11.2 Å². The van der Waals surface area contributed by atoms with Crippen LogP contribution in [0.3, 0.4) is 0 Å². The standard InChI is InChI=1S/C45H27NS/c1-3-14-28(15-4-1)40-30-18-7-9-20-32(30)41(33-21-10-8-19-31(33)40)38-24-13-23-34-35-26-27-37-42(45(35)47-44(34)38)36-22-11-12-25-39(36)46-43(37)29-16-5-2-6-17-29/h1-27H. The number of pyridine rings is 1. The summed E-state index contributed by atoms with van der Waals surface area (Å²) in [6.07, 6.45) is 0. The minimum atomic E-state index is 1.03. The van der Waals surface area contributed by atoms with Crippen molar-refractivity contribution in [2.45, 2.75) is 0 Å². The van der Waals surface area contributed by atoms with Crippen LogP contribution < -0.4 is 0 Å². The monoisotopic (exact) mass is 613 g/mol. The summed E-state index contributed by atoms with van der Waals surface area (Å²) in [4.78, 5) is 5.21. The Kier molecular flexibility index (Phi) is 5.81. The third-order valence-corrected chi connectivity index (χ3v) is 10.9. The molecule has 10 aromatic rings. The van der Waals surface area contributed by atoms with Gasteiger partial charge in [-0.25, -0.2) is 4.98 Å². The lowest BCUT2D eigenvalue weighted by Crippen LogP contribution is -1.90. The van der Waals surface area contributed by atoms with Crippen molar-refractivity contribution in [1.29, 1.82) is 0 Å². The highest BCUT2D eigenvalue weighted by molar-refractivity contribution is 7.27. The van der Waals surface area contributed by atoms with Crippen molar-refractivity contribution in [2.24, 2.45) is 0 Å². The molecular weight excluding hydrogens is 587 g/mol. The molecule has 47 heavy (non-hydrogen) atoms. The first-order valence-electron chi connectivity index (χ1n) is 16.1. The summed E-state index contributed by atoms with van der Waals surface area (Å²) in [7, 11) is 0. The lowest BCUT2D eigenvalue weighted by atomic mass is 9.86. The number of hydrogen-bond donors (Lipinski definition) is 0. The van der Waals surface area contributed by atoms with Crippen molar-refractivity contribution in [3.63, 3.8) is 0 Å². The fourth-order valence-corrected chi connectivity index (χ4v) is 9.02. The molecule has 0 saturated carbocycles. The Morgan fingerprint density at radius 2 is 0.851 bits per heavy atom. The molecule has 8 aromatic carbocycles. The molecule has 2 heterocycles. The van der Waals surface area contributed by atoms with E-state index in [0.717, 1.165) is 16.8 Å². The van der Waals surface area contributed by atoms with Gasteiger partial charge in [0.2, 0.25) is 0 Å². The molecule has 0 aliphatic carbocycles. The van der Waals surface area contributed by atoms with Gasteiger partial charge in [-0.15, -0.1) is 11.3 Å². The lowest BCUT2D eigenvalue weighted by Gasteiger charge is -2.18. The second kappa shape index (κ2) is 10.3. The first-order valence-corrected chi connectivity index (χ1v) is 16.9. The number of hydrogen-bond acceptors (Lipinski definition) is 2. The van der Waals surface area contributed by atoms with Crippen molar-refractivity contribution < 1.29 is 0 Å².